The molecular formula is C19H26N2O4S2. The molecule has 0 unspecified atom stereocenters. The van der Waals surface area contributed by atoms with Gasteiger partial charge in [-0.1, -0.05) is 23.8 Å². The van der Waals surface area contributed by atoms with Crippen LogP contribution in [-0.4, -0.2) is 29.9 Å². The van der Waals surface area contributed by atoms with E-state index in [1.165, 1.54) is 13.1 Å². The molecule has 2 aromatic rings. The Kier molecular flexibility index (Phi) is 6.03. The van der Waals surface area contributed by atoms with Gasteiger partial charge in [0.25, 0.3) is 10.0 Å². The predicted octanol–water partition coefficient (Wildman–Crippen LogP) is 3.12. The van der Waals surface area contributed by atoms with Gasteiger partial charge in [-0.05, 0) is 63.9 Å². The number of anilines is 1. The van der Waals surface area contributed by atoms with Crippen molar-refractivity contribution >= 4 is 25.7 Å². The monoisotopic (exact) mass is 410 g/mol. The summed E-state index contributed by atoms with van der Waals surface area (Å²) in [6.45, 7) is 8.73. The maximum atomic E-state index is 13.0. The van der Waals surface area contributed by atoms with Crippen molar-refractivity contribution in [1.82, 2.24) is 4.72 Å². The average Bonchev–Trinajstić information content (AvgIpc) is 2.53. The van der Waals surface area contributed by atoms with Gasteiger partial charge in [0.05, 0.1) is 15.5 Å². The first kappa shape index (κ1) is 21.4. The van der Waals surface area contributed by atoms with Crippen LogP contribution in [0.5, 0.6) is 0 Å². The van der Waals surface area contributed by atoms with Gasteiger partial charge in [0.2, 0.25) is 10.0 Å². The normalized spacial score (nSPS) is 12.4. The zero-order valence-corrected chi connectivity index (χ0v) is 18.1. The molecule has 0 fully saturated rings. The van der Waals surface area contributed by atoms with Crippen molar-refractivity contribution in [3.05, 3.63) is 53.1 Å². The Labute approximate surface area is 162 Å². The Morgan fingerprint density at radius 2 is 1.44 bits per heavy atom. The maximum absolute atomic E-state index is 13.0. The molecule has 0 heterocycles. The van der Waals surface area contributed by atoms with E-state index < -0.39 is 20.0 Å². The highest BCUT2D eigenvalue weighted by molar-refractivity contribution is 7.92. The number of nitrogens with one attached hydrogen (secondary N) is 1. The molecule has 0 aliphatic carbocycles. The summed E-state index contributed by atoms with van der Waals surface area (Å²) < 4.78 is 55.0. The molecule has 0 saturated heterocycles. The highest BCUT2D eigenvalue weighted by Crippen LogP contribution is 2.32. The quantitative estimate of drug-likeness (QED) is 0.793. The van der Waals surface area contributed by atoms with Gasteiger partial charge in [-0.25, -0.2) is 21.6 Å². The van der Waals surface area contributed by atoms with Crippen LogP contribution in [0, 0.1) is 20.8 Å². The second-order valence-corrected chi connectivity index (χ2v) is 10.6. The standard InChI is InChI=1S/C19H26N2O4S2/c1-13(2)20-26(22,23)18-12-9-15(4)19(16(18)5)21(6)27(24,25)17-10-7-14(3)8-11-17/h7-13,20H,1-6H3. The molecule has 0 spiro atoms. The van der Waals surface area contributed by atoms with Gasteiger partial charge in [-0.2, -0.15) is 0 Å². The molecule has 6 nitrogen and oxygen atoms in total. The summed E-state index contributed by atoms with van der Waals surface area (Å²) in [5.41, 5.74) is 2.38. The lowest BCUT2D eigenvalue weighted by Gasteiger charge is -2.25. The number of aryl methyl sites for hydroxylation is 2. The third-order valence-corrected chi connectivity index (χ3v) is 7.83. The van der Waals surface area contributed by atoms with Crippen LogP contribution in [-0.2, 0) is 20.0 Å². The van der Waals surface area contributed by atoms with E-state index >= 15 is 0 Å². The van der Waals surface area contributed by atoms with E-state index in [9.17, 15) is 16.8 Å². The van der Waals surface area contributed by atoms with Crippen molar-refractivity contribution < 1.29 is 16.8 Å². The van der Waals surface area contributed by atoms with Crippen LogP contribution in [0.25, 0.3) is 0 Å². The SMILES string of the molecule is Cc1ccc(S(=O)(=O)N(C)c2c(C)ccc(S(=O)(=O)NC(C)C)c2C)cc1. The molecule has 0 aliphatic rings. The van der Waals surface area contributed by atoms with Crippen molar-refractivity contribution in [1.29, 1.82) is 0 Å². The third kappa shape index (κ3) is 4.34. The van der Waals surface area contributed by atoms with Crippen LogP contribution in [0.1, 0.15) is 30.5 Å². The summed E-state index contributed by atoms with van der Waals surface area (Å²) in [5.74, 6) is 0. The predicted molar refractivity (Wildman–Crippen MR) is 108 cm³/mol. The van der Waals surface area contributed by atoms with Crippen LogP contribution in [0.3, 0.4) is 0 Å². The molecular weight excluding hydrogens is 384 g/mol. The number of benzene rings is 2. The van der Waals surface area contributed by atoms with Crippen LogP contribution in [0.15, 0.2) is 46.2 Å². The molecule has 0 amide bonds. The molecule has 148 valence electrons. The Bertz CT molecular complexity index is 1040. The lowest BCUT2D eigenvalue weighted by molar-refractivity contribution is 0.569. The number of nitrogens with zero attached hydrogens (tertiary/aromatic N) is 1. The second kappa shape index (κ2) is 7.61. The van der Waals surface area contributed by atoms with E-state index in [1.807, 2.05) is 6.92 Å². The molecule has 0 radical (unpaired) electrons. The summed E-state index contributed by atoms with van der Waals surface area (Å²) in [5, 5.41) is 0. The summed E-state index contributed by atoms with van der Waals surface area (Å²) in [4.78, 5) is 0.228. The first-order valence-electron chi connectivity index (χ1n) is 8.56. The first-order valence-corrected chi connectivity index (χ1v) is 11.5. The lowest BCUT2D eigenvalue weighted by Crippen LogP contribution is -2.32. The van der Waals surface area contributed by atoms with Crippen molar-refractivity contribution in [2.24, 2.45) is 0 Å². The van der Waals surface area contributed by atoms with E-state index in [-0.39, 0.29) is 15.8 Å². The Morgan fingerprint density at radius 1 is 0.889 bits per heavy atom. The van der Waals surface area contributed by atoms with Gasteiger partial charge >= 0.3 is 0 Å². The zero-order valence-electron chi connectivity index (χ0n) is 16.4. The van der Waals surface area contributed by atoms with Gasteiger partial charge < -0.3 is 0 Å². The van der Waals surface area contributed by atoms with Gasteiger partial charge in [-0.3, -0.25) is 4.31 Å². The molecule has 0 bridgehead atoms. The molecule has 2 rings (SSSR count). The largest absolute Gasteiger partial charge is 0.269 e. The molecule has 2 aromatic carbocycles. The minimum Gasteiger partial charge on any atom is -0.269 e. The number of hydrogen-bond acceptors (Lipinski definition) is 4. The van der Waals surface area contributed by atoms with Crippen LogP contribution >= 0.6 is 0 Å². The summed E-state index contributed by atoms with van der Waals surface area (Å²) >= 11 is 0. The molecule has 0 saturated carbocycles. The molecule has 8 heteroatoms. The van der Waals surface area contributed by atoms with Gasteiger partial charge in [-0.15, -0.1) is 0 Å². The molecule has 1 N–H and O–H groups in total. The van der Waals surface area contributed by atoms with Crippen molar-refractivity contribution in [2.75, 3.05) is 11.4 Å². The Hall–Kier alpha value is -1.90. The number of rotatable bonds is 6. The molecule has 0 aromatic heterocycles. The summed E-state index contributed by atoms with van der Waals surface area (Å²) in [7, 11) is -6.13. The van der Waals surface area contributed by atoms with Crippen LogP contribution < -0.4 is 9.03 Å². The topological polar surface area (TPSA) is 83.6 Å². The first-order chi connectivity index (χ1) is 12.4. The van der Waals surface area contributed by atoms with E-state index in [0.717, 1.165) is 9.87 Å². The minimum atomic E-state index is -3.82. The Morgan fingerprint density at radius 3 is 1.96 bits per heavy atom. The van der Waals surface area contributed by atoms with Crippen molar-refractivity contribution in [3.63, 3.8) is 0 Å². The van der Waals surface area contributed by atoms with Crippen molar-refractivity contribution in [3.8, 4) is 0 Å². The van der Waals surface area contributed by atoms with Gasteiger partial charge in [0, 0.05) is 13.1 Å². The molecule has 0 aliphatic heterocycles. The van der Waals surface area contributed by atoms with Crippen LogP contribution in [0.4, 0.5) is 5.69 Å². The second-order valence-electron chi connectivity index (χ2n) is 6.92. The zero-order chi connectivity index (χ0) is 20.6. The third-order valence-electron chi connectivity index (χ3n) is 4.26. The smallest absolute Gasteiger partial charge is 0.264 e. The number of hydrogen-bond donors (Lipinski definition) is 1. The highest BCUT2D eigenvalue weighted by atomic mass is 32.2. The van der Waals surface area contributed by atoms with Gasteiger partial charge in [0.15, 0.2) is 0 Å². The van der Waals surface area contributed by atoms with E-state index in [1.54, 1.807) is 58.0 Å². The maximum Gasteiger partial charge on any atom is 0.264 e. The van der Waals surface area contributed by atoms with Crippen LogP contribution in [0.2, 0.25) is 0 Å². The Balaban J connectivity index is 2.61. The fourth-order valence-corrected chi connectivity index (χ4v) is 5.77. The lowest BCUT2D eigenvalue weighted by atomic mass is 10.1. The van der Waals surface area contributed by atoms with E-state index in [4.69, 9.17) is 0 Å². The van der Waals surface area contributed by atoms with Gasteiger partial charge in [0.1, 0.15) is 0 Å². The summed E-state index contributed by atoms with van der Waals surface area (Å²) in [6, 6.07) is 9.42. The van der Waals surface area contributed by atoms with E-state index in [2.05, 4.69) is 4.72 Å². The fraction of sp³-hybridized carbons (Fsp3) is 0.368. The molecule has 27 heavy (non-hydrogen) atoms. The van der Waals surface area contributed by atoms with Crippen molar-refractivity contribution in [2.45, 2.75) is 50.5 Å². The molecule has 0 atom stereocenters. The summed E-state index contributed by atoms with van der Waals surface area (Å²) in [6.07, 6.45) is 0. The highest BCUT2D eigenvalue weighted by Gasteiger charge is 2.27. The number of sulfonamides is 2. The average molecular weight is 411 g/mol. The fourth-order valence-electron chi connectivity index (χ4n) is 2.96. The van der Waals surface area contributed by atoms with E-state index in [0.29, 0.717) is 16.8 Å². The minimum absolute atomic E-state index is 0.0720.